The Kier molecular flexibility index (Phi) is 7.63. The van der Waals surface area contributed by atoms with Gasteiger partial charge in [-0.3, -0.25) is 9.13 Å². The summed E-state index contributed by atoms with van der Waals surface area (Å²) in [4.78, 5) is 10.4. The fourth-order valence-corrected chi connectivity index (χ4v) is 6.41. The van der Waals surface area contributed by atoms with Crippen LogP contribution in [0.4, 0.5) is 5.13 Å². The van der Waals surface area contributed by atoms with Gasteiger partial charge in [0.15, 0.2) is 16.1 Å². The smallest absolute Gasteiger partial charge is 0.215 e. The number of anilines is 1. The fourth-order valence-electron chi connectivity index (χ4n) is 4.31. The average molecular weight is 582 g/mol. The summed E-state index contributed by atoms with van der Waals surface area (Å²) in [5.41, 5.74) is 7.39. The number of fused-ring (bicyclic) bond motifs is 1. The lowest BCUT2D eigenvalue weighted by Crippen LogP contribution is -2.15. The van der Waals surface area contributed by atoms with Crippen molar-refractivity contribution in [3.8, 4) is 22.8 Å². The van der Waals surface area contributed by atoms with Crippen molar-refractivity contribution in [3.05, 3.63) is 100.0 Å². The van der Waals surface area contributed by atoms with Crippen LogP contribution < -0.4 is 10.1 Å². The molecule has 40 heavy (non-hydrogen) atoms. The van der Waals surface area contributed by atoms with Crippen LogP contribution >= 0.6 is 34.4 Å². The van der Waals surface area contributed by atoms with Gasteiger partial charge in [0.1, 0.15) is 0 Å². The third-order valence-corrected chi connectivity index (χ3v) is 8.55. The maximum absolute atomic E-state index is 4.83. The third-order valence-electron chi connectivity index (χ3n) is 6.31. The van der Waals surface area contributed by atoms with Gasteiger partial charge in [0.2, 0.25) is 4.80 Å². The molecule has 10 heteroatoms. The number of para-hydroxylation sites is 3. The van der Waals surface area contributed by atoms with Crippen LogP contribution in [0.15, 0.2) is 105 Å². The number of imidazole rings is 1. The maximum atomic E-state index is 4.83. The summed E-state index contributed by atoms with van der Waals surface area (Å²) in [5.74, 6) is 0.857. The summed E-state index contributed by atoms with van der Waals surface area (Å²) < 4.78 is 4.26. The first-order valence-corrected chi connectivity index (χ1v) is 15.7. The first kappa shape index (κ1) is 26.2. The lowest BCUT2D eigenvalue weighted by atomic mass is 10.1. The molecule has 6 aromatic rings. The molecule has 0 saturated carbocycles. The van der Waals surface area contributed by atoms with Crippen molar-refractivity contribution in [1.29, 1.82) is 0 Å². The topological polar surface area (TPSA) is 72.4 Å². The molecule has 0 radical (unpaired) electrons. The number of thioether (sulfide) groups is 1. The van der Waals surface area contributed by atoms with Crippen molar-refractivity contribution in [2.75, 3.05) is 18.1 Å². The lowest BCUT2D eigenvalue weighted by molar-refractivity contribution is 0.897. The molecule has 0 amide bonds. The van der Waals surface area contributed by atoms with E-state index in [-0.39, 0.29) is 0 Å². The molecule has 1 N–H and O–H groups in total. The van der Waals surface area contributed by atoms with E-state index in [2.05, 4.69) is 79.4 Å². The van der Waals surface area contributed by atoms with Crippen molar-refractivity contribution >= 4 is 56.3 Å². The number of hydrogen-bond donors (Lipinski definition) is 1. The number of rotatable bonds is 8. The SMILES string of the molecule is CSc1nc2ccccc2n1-c1csc(NC/C(C)=N/N=c2\scc(-c3ccc(C)cc3)n2-c2ccccc2)n1. The molecule has 0 saturated heterocycles. The highest BCUT2D eigenvalue weighted by molar-refractivity contribution is 7.98. The highest BCUT2D eigenvalue weighted by Gasteiger charge is 2.14. The second kappa shape index (κ2) is 11.6. The van der Waals surface area contributed by atoms with E-state index in [9.17, 15) is 0 Å². The molecule has 200 valence electrons. The number of aryl methyl sites for hydroxylation is 1. The van der Waals surface area contributed by atoms with Crippen molar-refractivity contribution in [1.82, 2.24) is 19.1 Å². The standard InChI is InChI=1S/C30H27N7S3/c1-20-13-15-22(16-14-20)26-18-40-30(36(26)23-9-5-4-6-10-23)35-34-21(2)17-31-28-33-27(19-39-28)37-25-12-8-7-11-24(25)32-29(37)38-3/h4-16,18-19H,17H2,1-3H3,(H,31,33)/b34-21+,35-30-. The van der Waals surface area contributed by atoms with Crippen LogP contribution in [0.3, 0.4) is 0 Å². The first-order valence-electron chi connectivity index (χ1n) is 12.7. The minimum Gasteiger partial charge on any atom is -0.356 e. The molecule has 0 aliphatic carbocycles. The molecule has 3 heterocycles. The van der Waals surface area contributed by atoms with E-state index < -0.39 is 0 Å². The second-order valence-corrected chi connectivity index (χ2v) is 11.6. The zero-order chi connectivity index (χ0) is 27.5. The monoisotopic (exact) mass is 581 g/mol. The molecule has 0 spiro atoms. The van der Waals surface area contributed by atoms with E-state index in [0.717, 1.165) is 54.6 Å². The van der Waals surface area contributed by atoms with E-state index in [4.69, 9.17) is 9.97 Å². The Morgan fingerprint density at radius 1 is 0.900 bits per heavy atom. The summed E-state index contributed by atoms with van der Waals surface area (Å²) in [5, 5.41) is 18.6. The van der Waals surface area contributed by atoms with Crippen LogP contribution in [-0.2, 0) is 0 Å². The van der Waals surface area contributed by atoms with E-state index in [1.54, 1.807) is 34.4 Å². The van der Waals surface area contributed by atoms with Crippen molar-refractivity contribution in [2.24, 2.45) is 10.2 Å². The number of nitrogens with one attached hydrogen (secondary N) is 1. The molecule has 0 bridgehead atoms. The average Bonchev–Trinajstić information content (AvgIpc) is 3.72. The van der Waals surface area contributed by atoms with Crippen LogP contribution in [-0.4, -0.2) is 37.6 Å². The van der Waals surface area contributed by atoms with Gasteiger partial charge in [-0.05, 0) is 49.9 Å². The van der Waals surface area contributed by atoms with Gasteiger partial charge < -0.3 is 5.32 Å². The van der Waals surface area contributed by atoms with Gasteiger partial charge in [0.05, 0.1) is 29.0 Å². The Labute approximate surface area is 244 Å². The molecule has 0 atom stereocenters. The molecule has 6 rings (SSSR count). The zero-order valence-corrected chi connectivity index (χ0v) is 24.7. The number of hydrogen-bond acceptors (Lipinski definition) is 8. The summed E-state index contributed by atoms with van der Waals surface area (Å²) in [6.07, 6.45) is 2.03. The van der Waals surface area contributed by atoms with Gasteiger partial charge in [0.25, 0.3) is 0 Å². The lowest BCUT2D eigenvalue weighted by Gasteiger charge is -2.09. The molecular weight excluding hydrogens is 555 g/mol. The van der Waals surface area contributed by atoms with Crippen molar-refractivity contribution in [2.45, 2.75) is 19.0 Å². The summed E-state index contributed by atoms with van der Waals surface area (Å²) in [6, 6.07) is 27.0. The second-order valence-electron chi connectivity index (χ2n) is 9.16. The van der Waals surface area contributed by atoms with Crippen LogP contribution in [0.1, 0.15) is 12.5 Å². The van der Waals surface area contributed by atoms with Crippen molar-refractivity contribution < 1.29 is 0 Å². The number of thiazole rings is 2. The Balaban J connectivity index is 1.24. The number of benzene rings is 3. The Hall–Kier alpha value is -3.99. The molecule has 7 nitrogen and oxygen atoms in total. The van der Waals surface area contributed by atoms with Crippen LogP contribution in [0.2, 0.25) is 0 Å². The number of aromatic nitrogens is 4. The van der Waals surface area contributed by atoms with Crippen molar-refractivity contribution in [3.63, 3.8) is 0 Å². The quantitative estimate of drug-likeness (QED) is 0.115. The van der Waals surface area contributed by atoms with Gasteiger partial charge in [-0.1, -0.05) is 71.9 Å². The molecule has 0 aliphatic heterocycles. The van der Waals surface area contributed by atoms with Gasteiger partial charge >= 0.3 is 0 Å². The Bertz CT molecular complexity index is 1860. The summed E-state index contributed by atoms with van der Waals surface area (Å²) in [7, 11) is 0. The summed E-state index contributed by atoms with van der Waals surface area (Å²) in [6.45, 7) is 4.61. The largest absolute Gasteiger partial charge is 0.356 e. The predicted molar refractivity (Wildman–Crippen MR) is 170 cm³/mol. The molecule has 0 fully saturated rings. The molecule has 3 aromatic heterocycles. The van der Waals surface area contributed by atoms with Gasteiger partial charge in [0, 0.05) is 16.4 Å². The van der Waals surface area contributed by atoms with Gasteiger partial charge in [-0.2, -0.15) is 5.10 Å². The molecule has 3 aromatic carbocycles. The van der Waals surface area contributed by atoms with E-state index in [1.807, 2.05) is 55.0 Å². The first-order chi connectivity index (χ1) is 19.6. The van der Waals surface area contributed by atoms with Gasteiger partial charge in [-0.15, -0.1) is 27.8 Å². The highest BCUT2D eigenvalue weighted by atomic mass is 32.2. The molecule has 0 aliphatic rings. The van der Waals surface area contributed by atoms with Crippen LogP contribution in [0.5, 0.6) is 0 Å². The van der Waals surface area contributed by atoms with Gasteiger partial charge in [-0.25, -0.2) is 9.97 Å². The third kappa shape index (κ3) is 5.38. The highest BCUT2D eigenvalue weighted by Crippen LogP contribution is 2.29. The van der Waals surface area contributed by atoms with E-state index >= 15 is 0 Å². The Morgan fingerprint density at radius 2 is 1.68 bits per heavy atom. The van der Waals surface area contributed by atoms with Crippen LogP contribution in [0.25, 0.3) is 33.8 Å². The molecular formula is C30H27N7S3. The normalized spacial score (nSPS) is 12.4. The number of nitrogens with zero attached hydrogens (tertiary/aromatic N) is 6. The zero-order valence-electron chi connectivity index (χ0n) is 22.3. The predicted octanol–water partition coefficient (Wildman–Crippen LogP) is 7.42. The van der Waals surface area contributed by atoms with E-state index in [0.29, 0.717) is 6.54 Å². The molecule has 0 unspecified atom stereocenters. The minimum atomic E-state index is 0.540. The van der Waals surface area contributed by atoms with Crippen LogP contribution in [0, 0.1) is 6.92 Å². The fraction of sp³-hybridized carbons (Fsp3) is 0.133. The van der Waals surface area contributed by atoms with E-state index in [1.165, 1.54) is 5.56 Å². The maximum Gasteiger partial charge on any atom is 0.215 e. The minimum absolute atomic E-state index is 0.540. The Morgan fingerprint density at radius 3 is 2.48 bits per heavy atom. The summed E-state index contributed by atoms with van der Waals surface area (Å²) >= 11 is 4.76.